The molecule has 6 nitrogen and oxygen atoms in total. The molecule has 106 valence electrons. The molecule has 0 aliphatic rings. The van der Waals surface area contributed by atoms with Gasteiger partial charge in [-0.25, -0.2) is 0 Å². The third-order valence-electron chi connectivity index (χ3n) is 2.81. The predicted octanol–water partition coefficient (Wildman–Crippen LogP) is 3.78. The Morgan fingerprint density at radius 2 is 1.76 bits per heavy atom. The summed E-state index contributed by atoms with van der Waals surface area (Å²) in [4.78, 5) is 13.5. The number of rotatable bonds is 6. The summed E-state index contributed by atoms with van der Waals surface area (Å²) >= 11 is 0. The molecule has 2 aromatic carbocycles. The number of benzene rings is 2. The first-order valence-electron chi connectivity index (χ1n) is 6.28. The van der Waals surface area contributed by atoms with Crippen molar-refractivity contribution < 1.29 is 14.6 Å². The Balaban J connectivity index is 2.05. The van der Waals surface area contributed by atoms with E-state index in [0.29, 0.717) is 5.75 Å². The first-order chi connectivity index (χ1) is 10.2. The summed E-state index contributed by atoms with van der Waals surface area (Å²) in [5.74, 6) is 0.237. The third-order valence-corrected chi connectivity index (χ3v) is 2.81. The second kappa shape index (κ2) is 6.98. The zero-order valence-electron chi connectivity index (χ0n) is 11.1. The molecule has 2 aromatic rings. The zero-order valence-corrected chi connectivity index (χ0v) is 11.1. The van der Waals surface area contributed by atoms with Gasteiger partial charge in [0.1, 0.15) is 17.5 Å². The minimum absolute atomic E-state index is 0.144. The second-order valence-corrected chi connectivity index (χ2v) is 4.32. The summed E-state index contributed by atoms with van der Waals surface area (Å²) in [6.07, 6.45) is 0.144. The summed E-state index contributed by atoms with van der Waals surface area (Å²) in [6, 6.07) is 15.2. The lowest BCUT2D eigenvalue weighted by Crippen LogP contribution is -2.19. The van der Waals surface area contributed by atoms with Crippen molar-refractivity contribution in [3.05, 3.63) is 70.6 Å². The maximum absolute atomic E-state index is 10.9. The molecule has 0 amide bonds. The van der Waals surface area contributed by atoms with Crippen LogP contribution < -0.4 is 4.74 Å². The minimum Gasteiger partial charge on any atom is -0.481 e. The number of para-hydroxylation sites is 1. The Morgan fingerprint density at radius 3 is 2.33 bits per heavy atom. The SMILES string of the molecule is [N-]=[N+]=N[C@@H](Cc1ccc(Oc2ccccc2)cc1)C(=O)O. The number of carboxylic acid groups (broad SMARTS) is 1. The van der Waals surface area contributed by atoms with E-state index in [4.69, 9.17) is 15.4 Å². The fourth-order valence-electron chi connectivity index (χ4n) is 1.78. The highest BCUT2D eigenvalue weighted by Gasteiger charge is 2.15. The van der Waals surface area contributed by atoms with Crippen LogP contribution in [0.25, 0.3) is 10.4 Å². The Hall–Kier alpha value is -2.98. The Bertz CT molecular complexity index is 648. The van der Waals surface area contributed by atoms with Crippen molar-refractivity contribution in [3.8, 4) is 11.5 Å². The topological polar surface area (TPSA) is 95.3 Å². The predicted molar refractivity (Wildman–Crippen MR) is 77.2 cm³/mol. The molecular weight excluding hydrogens is 270 g/mol. The molecule has 6 heteroatoms. The van der Waals surface area contributed by atoms with Crippen molar-refractivity contribution in [2.75, 3.05) is 0 Å². The van der Waals surface area contributed by atoms with Crippen molar-refractivity contribution in [1.29, 1.82) is 0 Å². The van der Waals surface area contributed by atoms with Crippen molar-refractivity contribution in [2.24, 2.45) is 5.11 Å². The highest BCUT2D eigenvalue weighted by molar-refractivity contribution is 5.74. The summed E-state index contributed by atoms with van der Waals surface area (Å²) < 4.78 is 5.63. The summed E-state index contributed by atoms with van der Waals surface area (Å²) in [6.45, 7) is 0. The van der Waals surface area contributed by atoms with Crippen LogP contribution in [-0.2, 0) is 11.2 Å². The van der Waals surface area contributed by atoms with Gasteiger partial charge in [0.2, 0.25) is 0 Å². The summed E-state index contributed by atoms with van der Waals surface area (Å²) in [7, 11) is 0. The molecule has 0 spiro atoms. The number of carbonyl (C=O) groups is 1. The zero-order chi connectivity index (χ0) is 15.1. The van der Waals surface area contributed by atoms with E-state index in [1.54, 1.807) is 24.3 Å². The molecule has 0 fully saturated rings. The Labute approximate surface area is 121 Å². The van der Waals surface area contributed by atoms with E-state index in [-0.39, 0.29) is 6.42 Å². The normalized spacial score (nSPS) is 11.2. The maximum atomic E-state index is 10.9. The molecule has 0 heterocycles. The molecule has 21 heavy (non-hydrogen) atoms. The van der Waals surface area contributed by atoms with Crippen LogP contribution in [0.15, 0.2) is 59.7 Å². The van der Waals surface area contributed by atoms with Gasteiger partial charge in [-0.05, 0) is 41.8 Å². The van der Waals surface area contributed by atoms with Gasteiger partial charge in [0.15, 0.2) is 0 Å². The van der Waals surface area contributed by atoms with Gasteiger partial charge in [-0.1, -0.05) is 35.4 Å². The lowest BCUT2D eigenvalue weighted by molar-refractivity contribution is -0.138. The molecule has 0 unspecified atom stereocenters. The van der Waals surface area contributed by atoms with Crippen LogP contribution >= 0.6 is 0 Å². The van der Waals surface area contributed by atoms with E-state index in [1.165, 1.54) is 0 Å². The molecule has 0 radical (unpaired) electrons. The number of aliphatic carboxylic acids is 1. The number of ether oxygens (including phenoxy) is 1. The van der Waals surface area contributed by atoms with Crippen LogP contribution in [0.5, 0.6) is 11.5 Å². The maximum Gasteiger partial charge on any atom is 0.312 e. The van der Waals surface area contributed by atoms with E-state index in [2.05, 4.69) is 10.0 Å². The number of azide groups is 1. The minimum atomic E-state index is -1.14. The number of hydrogen-bond acceptors (Lipinski definition) is 3. The number of nitrogens with zero attached hydrogens (tertiary/aromatic N) is 3. The van der Waals surface area contributed by atoms with Crippen LogP contribution in [0, 0.1) is 0 Å². The van der Waals surface area contributed by atoms with Gasteiger partial charge in [0.25, 0.3) is 0 Å². The quantitative estimate of drug-likeness (QED) is 0.496. The lowest BCUT2D eigenvalue weighted by Gasteiger charge is -2.08. The van der Waals surface area contributed by atoms with Gasteiger partial charge in [0.05, 0.1) is 0 Å². The summed E-state index contributed by atoms with van der Waals surface area (Å²) in [5.41, 5.74) is 9.11. The molecule has 0 aliphatic heterocycles. The Morgan fingerprint density at radius 1 is 1.14 bits per heavy atom. The highest BCUT2D eigenvalue weighted by Crippen LogP contribution is 2.21. The summed E-state index contributed by atoms with van der Waals surface area (Å²) in [5, 5.41) is 12.2. The standard InChI is InChI=1S/C15H13N3O3/c16-18-17-14(15(19)20)10-11-6-8-13(9-7-11)21-12-4-2-1-3-5-12/h1-9,14H,10H2,(H,19,20)/t14-/m0/s1. The second-order valence-electron chi connectivity index (χ2n) is 4.32. The fourth-order valence-corrected chi connectivity index (χ4v) is 1.78. The van der Waals surface area contributed by atoms with Crippen LogP contribution in [0.2, 0.25) is 0 Å². The van der Waals surface area contributed by atoms with E-state index in [1.807, 2.05) is 30.3 Å². The van der Waals surface area contributed by atoms with E-state index >= 15 is 0 Å². The Kier molecular flexibility index (Phi) is 4.79. The first-order valence-corrected chi connectivity index (χ1v) is 6.28. The smallest absolute Gasteiger partial charge is 0.312 e. The van der Waals surface area contributed by atoms with Gasteiger partial charge in [-0.2, -0.15) is 0 Å². The lowest BCUT2D eigenvalue weighted by atomic mass is 10.1. The molecule has 2 rings (SSSR count). The number of hydrogen-bond donors (Lipinski definition) is 1. The van der Waals surface area contributed by atoms with E-state index in [0.717, 1.165) is 11.3 Å². The molecule has 0 aromatic heterocycles. The molecule has 1 N–H and O–H groups in total. The largest absolute Gasteiger partial charge is 0.481 e. The van der Waals surface area contributed by atoms with Gasteiger partial charge < -0.3 is 9.84 Å². The van der Waals surface area contributed by atoms with Crippen molar-refractivity contribution >= 4 is 5.97 Å². The van der Waals surface area contributed by atoms with Crippen LogP contribution in [0.1, 0.15) is 5.56 Å². The van der Waals surface area contributed by atoms with Crippen LogP contribution in [0.3, 0.4) is 0 Å². The van der Waals surface area contributed by atoms with Crippen molar-refractivity contribution in [3.63, 3.8) is 0 Å². The fraction of sp³-hybridized carbons (Fsp3) is 0.133. The average molecular weight is 283 g/mol. The number of carboxylic acids is 1. The van der Waals surface area contributed by atoms with Crippen molar-refractivity contribution in [1.82, 2.24) is 0 Å². The van der Waals surface area contributed by atoms with Gasteiger partial charge in [-0.15, -0.1) is 0 Å². The monoisotopic (exact) mass is 283 g/mol. The van der Waals surface area contributed by atoms with E-state index < -0.39 is 12.0 Å². The van der Waals surface area contributed by atoms with Crippen molar-refractivity contribution in [2.45, 2.75) is 12.5 Å². The van der Waals surface area contributed by atoms with E-state index in [9.17, 15) is 4.79 Å². The molecule has 0 saturated heterocycles. The van der Waals surface area contributed by atoms with Crippen LogP contribution in [0.4, 0.5) is 0 Å². The highest BCUT2D eigenvalue weighted by atomic mass is 16.5. The van der Waals surface area contributed by atoms with Gasteiger partial charge >= 0.3 is 5.97 Å². The molecule has 0 aliphatic carbocycles. The third kappa shape index (κ3) is 4.26. The molecule has 1 atom stereocenters. The van der Waals surface area contributed by atoms with Gasteiger partial charge in [-0.3, -0.25) is 4.79 Å². The van der Waals surface area contributed by atoms with Crippen LogP contribution in [-0.4, -0.2) is 17.1 Å². The molecule has 0 bridgehead atoms. The molecule has 0 saturated carbocycles. The first kappa shape index (κ1) is 14.4. The van der Waals surface area contributed by atoms with Gasteiger partial charge in [0, 0.05) is 4.91 Å². The average Bonchev–Trinajstić information content (AvgIpc) is 2.49. The molecular formula is C15H13N3O3.